The van der Waals surface area contributed by atoms with Crippen molar-refractivity contribution in [2.75, 3.05) is 7.11 Å². The Morgan fingerprint density at radius 3 is 2.89 bits per heavy atom. The molecule has 0 saturated heterocycles. The molecule has 1 N–H and O–H groups in total. The lowest BCUT2D eigenvalue weighted by Gasteiger charge is -2.15. The van der Waals surface area contributed by atoms with Crippen LogP contribution in [0.5, 0.6) is 5.75 Å². The fourth-order valence-electron chi connectivity index (χ4n) is 1.85. The molecule has 0 aliphatic carbocycles. The number of benzene rings is 1. The number of methoxy groups -OCH3 is 1. The topological polar surface area (TPSA) is 34.1 Å². The van der Waals surface area contributed by atoms with Crippen molar-refractivity contribution in [3.63, 3.8) is 0 Å². The van der Waals surface area contributed by atoms with E-state index in [0.29, 0.717) is 0 Å². The van der Waals surface area contributed by atoms with Gasteiger partial charge >= 0.3 is 0 Å². The maximum atomic E-state index is 5.24. The largest absolute Gasteiger partial charge is 0.497 e. The molecule has 4 heteroatoms. The minimum Gasteiger partial charge on any atom is -0.497 e. The molecule has 1 atom stereocenters. The number of hydrogen-bond acceptors (Lipinski definition) is 3. The normalized spacial score (nSPS) is 12.2. The van der Waals surface area contributed by atoms with Gasteiger partial charge in [0.15, 0.2) is 0 Å². The first-order chi connectivity index (χ1) is 9.19. The minimum atomic E-state index is 0.258. The van der Waals surface area contributed by atoms with E-state index in [1.807, 2.05) is 18.3 Å². The lowest BCUT2D eigenvalue weighted by molar-refractivity contribution is 0.413. The quantitative estimate of drug-likeness (QED) is 0.912. The van der Waals surface area contributed by atoms with Crippen LogP contribution in [-0.2, 0) is 6.54 Å². The number of rotatable bonds is 5. The van der Waals surface area contributed by atoms with Gasteiger partial charge in [-0.05, 0) is 52.2 Å². The van der Waals surface area contributed by atoms with E-state index in [4.69, 9.17) is 4.74 Å². The number of pyridine rings is 1. The summed E-state index contributed by atoms with van der Waals surface area (Å²) < 4.78 is 6.24. The van der Waals surface area contributed by atoms with E-state index in [1.165, 1.54) is 5.56 Å². The van der Waals surface area contributed by atoms with Crippen LogP contribution in [-0.4, -0.2) is 12.1 Å². The highest BCUT2D eigenvalue weighted by Gasteiger charge is 2.06. The average molecular weight is 321 g/mol. The molecule has 0 amide bonds. The van der Waals surface area contributed by atoms with E-state index >= 15 is 0 Å². The van der Waals surface area contributed by atoms with E-state index in [1.54, 1.807) is 13.3 Å². The van der Waals surface area contributed by atoms with Crippen molar-refractivity contribution in [1.29, 1.82) is 0 Å². The van der Waals surface area contributed by atoms with Crippen molar-refractivity contribution in [1.82, 2.24) is 10.3 Å². The second kappa shape index (κ2) is 6.68. The summed E-state index contributed by atoms with van der Waals surface area (Å²) in [6, 6.07) is 10.4. The first-order valence-corrected chi connectivity index (χ1v) is 6.95. The Balaban J connectivity index is 1.99. The van der Waals surface area contributed by atoms with Gasteiger partial charge in [-0.1, -0.05) is 12.1 Å². The van der Waals surface area contributed by atoms with Gasteiger partial charge in [0.1, 0.15) is 5.75 Å². The van der Waals surface area contributed by atoms with E-state index < -0.39 is 0 Å². The fourth-order valence-corrected chi connectivity index (χ4v) is 2.26. The van der Waals surface area contributed by atoms with Crippen LogP contribution in [0.15, 0.2) is 47.2 Å². The monoisotopic (exact) mass is 320 g/mol. The van der Waals surface area contributed by atoms with Gasteiger partial charge in [0.25, 0.3) is 0 Å². The second-order valence-electron chi connectivity index (χ2n) is 4.39. The predicted molar refractivity (Wildman–Crippen MR) is 80.2 cm³/mol. The number of hydrogen-bond donors (Lipinski definition) is 1. The van der Waals surface area contributed by atoms with Crippen LogP contribution in [0.25, 0.3) is 0 Å². The molecule has 1 aromatic carbocycles. The summed E-state index contributed by atoms with van der Waals surface area (Å²) in [6.07, 6.45) is 3.66. The van der Waals surface area contributed by atoms with E-state index in [0.717, 1.165) is 22.3 Å². The van der Waals surface area contributed by atoms with Crippen molar-refractivity contribution in [3.8, 4) is 5.75 Å². The highest BCUT2D eigenvalue weighted by Crippen LogP contribution is 2.19. The molecule has 100 valence electrons. The third kappa shape index (κ3) is 4.04. The maximum absolute atomic E-state index is 5.24. The number of aromatic nitrogens is 1. The zero-order valence-electron chi connectivity index (χ0n) is 11.1. The molecule has 19 heavy (non-hydrogen) atoms. The second-order valence-corrected chi connectivity index (χ2v) is 5.31. The van der Waals surface area contributed by atoms with Gasteiger partial charge in [0.2, 0.25) is 0 Å². The summed E-state index contributed by atoms with van der Waals surface area (Å²) >= 11 is 3.43. The van der Waals surface area contributed by atoms with Crippen LogP contribution < -0.4 is 10.1 Å². The molecule has 0 bridgehead atoms. The van der Waals surface area contributed by atoms with Gasteiger partial charge in [-0.3, -0.25) is 4.98 Å². The minimum absolute atomic E-state index is 0.258. The molecule has 2 aromatic rings. The summed E-state index contributed by atoms with van der Waals surface area (Å²) in [5.74, 6) is 0.885. The molecule has 0 aliphatic rings. The van der Waals surface area contributed by atoms with Crippen LogP contribution in [0, 0.1) is 0 Å². The van der Waals surface area contributed by atoms with Gasteiger partial charge < -0.3 is 10.1 Å². The number of ether oxygens (including phenoxy) is 1. The van der Waals surface area contributed by atoms with E-state index in [-0.39, 0.29) is 6.04 Å². The molecule has 0 spiro atoms. The smallest absolute Gasteiger partial charge is 0.119 e. The summed E-state index contributed by atoms with van der Waals surface area (Å²) in [4.78, 5) is 4.16. The van der Waals surface area contributed by atoms with Crippen molar-refractivity contribution in [2.45, 2.75) is 19.5 Å². The Morgan fingerprint density at radius 2 is 2.16 bits per heavy atom. The molecule has 0 fully saturated rings. The van der Waals surface area contributed by atoms with Gasteiger partial charge in [-0.25, -0.2) is 0 Å². The van der Waals surface area contributed by atoms with Crippen LogP contribution in [0.1, 0.15) is 24.1 Å². The molecular formula is C15H17BrN2O. The highest BCUT2D eigenvalue weighted by molar-refractivity contribution is 9.10. The van der Waals surface area contributed by atoms with Crippen molar-refractivity contribution >= 4 is 15.9 Å². The molecule has 2 rings (SSSR count). The number of nitrogens with one attached hydrogen (secondary N) is 1. The summed E-state index contributed by atoms with van der Waals surface area (Å²) in [5.41, 5.74) is 2.37. The van der Waals surface area contributed by atoms with Crippen molar-refractivity contribution in [3.05, 3.63) is 58.3 Å². The molecular weight excluding hydrogens is 304 g/mol. The lowest BCUT2D eigenvalue weighted by Crippen LogP contribution is -2.18. The standard InChI is InChI=1S/C15H17BrN2O/c1-11(13-4-3-5-15(7-13)19-2)18-9-12-6-14(16)10-17-8-12/h3-8,10-11,18H,9H2,1-2H3/t11-/m0/s1. The van der Waals surface area contributed by atoms with Crippen LogP contribution >= 0.6 is 15.9 Å². The Bertz CT molecular complexity index is 545. The van der Waals surface area contributed by atoms with E-state index in [2.05, 4.69) is 51.4 Å². The summed E-state index contributed by atoms with van der Waals surface area (Å²) in [5, 5.41) is 3.48. The number of nitrogens with zero attached hydrogens (tertiary/aromatic N) is 1. The highest BCUT2D eigenvalue weighted by atomic mass is 79.9. The van der Waals surface area contributed by atoms with Crippen LogP contribution in [0.3, 0.4) is 0 Å². The Labute approximate surface area is 122 Å². The molecule has 0 radical (unpaired) electrons. The van der Waals surface area contributed by atoms with Crippen LogP contribution in [0.2, 0.25) is 0 Å². The van der Waals surface area contributed by atoms with E-state index in [9.17, 15) is 0 Å². The molecule has 3 nitrogen and oxygen atoms in total. The summed E-state index contributed by atoms with van der Waals surface area (Å²) in [7, 11) is 1.68. The summed E-state index contributed by atoms with van der Waals surface area (Å²) in [6.45, 7) is 2.92. The first-order valence-electron chi connectivity index (χ1n) is 6.16. The maximum Gasteiger partial charge on any atom is 0.119 e. The first kappa shape index (κ1) is 14.0. The zero-order chi connectivity index (χ0) is 13.7. The predicted octanol–water partition coefficient (Wildman–Crippen LogP) is 3.70. The lowest BCUT2D eigenvalue weighted by atomic mass is 10.1. The molecule has 1 heterocycles. The molecule has 0 saturated carbocycles. The fraction of sp³-hybridized carbons (Fsp3) is 0.267. The van der Waals surface area contributed by atoms with Gasteiger partial charge in [0, 0.05) is 29.5 Å². The van der Waals surface area contributed by atoms with Gasteiger partial charge in [-0.2, -0.15) is 0 Å². The van der Waals surface area contributed by atoms with Crippen molar-refractivity contribution in [2.24, 2.45) is 0 Å². The average Bonchev–Trinajstić information content (AvgIpc) is 2.45. The van der Waals surface area contributed by atoms with Gasteiger partial charge in [-0.15, -0.1) is 0 Å². The third-order valence-electron chi connectivity index (χ3n) is 2.97. The van der Waals surface area contributed by atoms with Crippen LogP contribution in [0.4, 0.5) is 0 Å². The molecule has 0 aliphatic heterocycles. The Hall–Kier alpha value is -1.39. The zero-order valence-corrected chi connectivity index (χ0v) is 12.6. The Kier molecular flexibility index (Phi) is 4.93. The van der Waals surface area contributed by atoms with Crippen molar-refractivity contribution < 1.29 is 4.74 Å². The molecule has 1 aromatic heterocycles. The van der Waals surface area contributed by atoms with Gasteiger partial charge in [0.05, 0.1) is 7.11 Å². The Morgan fingerprint density at radius 1 is 1.32 bits per heavy atom. The third-order valence-corrected chi connectivity index (χ3v) is 3.40. The molecule has 0 unspecified atom stereocenters. The SMILES string of the molecule is COc1cccc([C@H](C)NCc2cncc(Br)c2)c1. The number of halogens is 1.